The Hall–Kier alpha value is -2.82. The summed E-state index contributed by atoms with van der Waals surface area (Å²) in [6.45, 7) is 2.69. The number of hydrogen-bond donors (Lipinski definition) is 1. The van der Waals surface area contributed by atoms with E-state index in [1.165, 1.54) is 28.6 Å². The van der Waals surface area contributed by atoms with Crippen molar-refractivity contribution in [2.75, 3.05) is 26.2 Å². The van der Waals surface area contributed by atoms with Gasteiger partial charge in [-0.3, -0.25) is 24.6 Å². The maximum absolute atomic E-state index is 12.8. The Morgan fingerprint density at radius 1 is 1.21 bits per heavy atom. The lowest BCUT2D eigenvalue weighted by Crippen LogP contribution is -2.48. The van der Waals surface area contributed by atoms with Crippen molar-refractivity contribution in [3.05, 3.63) is 65.5 Å². The number of nitro groups is 1. The molecule has 3 aromatic rings. The summed E-state index contributed by atoms with van der Waals surface area (Å²) in [4.78, 5) is 49.7. The predicted molar refractivity (Wildman–Crippen MR) is 126 cm³/mol. The highest BCUT2D eigenvalue weighted by Crippen LogP contribution is 2.33. The minimum absolute atomic E-state index is 0.00595. The molecule has 0 saturated carbocycles. The number of aromatic amines is 1. The summed E-state index contributed by atoms with van der Waals surface area (Å²) >= 11 is 7.49. The molecule has 1 aromatic carbocycles. The molecular formula is C22H22ClN5O4S. The molecule has 0 unspecified atom stereocenters. The number of benzene rings is 1. The quantitative estimate of drug-likeness (QED) is 0.446. The van der Waals surface area contributed by atoms with Crippen LogP contribution in [0.5, 0.6) is 0 Å². The SMILES string of the molecule is O=C(c1ccc(Cl)c([N+](=O)[O-])c1)N1CCN(Cc2nc3sc4c(c3c(=O)[nH]2)CCCC4)CC1. The van der Waals surface area contributed by atoms with Crippen molar-refractivity contribution < 1.29 is 9.72 Å². The van der Waals surface area contributed by atoms with E-state index in [9.17, 15) is 19.7 Å². The molecule has 2 aromatic heterocycles. The number of nitro benzene ring substituents is 1. The van der Waals surface area contributed by atoms with Crippen LogP contribution in [0.1, 0.15) is 39.5 Å². The van der Waals surface area contributed by atoms with Gasteiger partial charge < -0.3 is 9.88 Å². The van der Waals surface area contributed by atoms with Gasteiger partial charge in [0.05, 0.1) is 16.9 Å². The maximum Gasteiger partial charge on any atom is 0.288 e. The largest absolute Gasteiger partial charge is 0.336 e. The Labute approximate surface area is 198 Å². The molecule has 1 aliphatic heterocycles. The molecule has 0 spiro atoms. The Morgan fingerprint density at radius 2 is 1.97 bits per heavy atom. The third kappa shape index (κ3) is 4.25. The number of aryl methyl sites for hydroxylation is 2. The molecule has 0 bridgehead atoms. The van der Waals surface area contributed by atoms with Gasteiger partial charge in [-0.1, -0.05) is 11.6 Å². The number of hydrogen-bond acceptors (Lipinski definition) is 7. The molecule has 3 heterocycles. The highest BCUT2D eigenvalue weighted by molar-refractivity contribution is 7.18. The minimum Gasteiger partial charge on any atom is -0.336 e. The molecule has 1 amide bonds. The van der Waals surface area contributed by atoms with Crippen LogP contribution in [0.2, 0.25) is 5.02 Å². The Kier molecular flexibility index (Phi) is 5.90. The molecule has 1 saturated heterocycles. The van der Waals surface area contributed by atoms with Crippen molar-refractivity contribution in [2.24, 2.45) is 0 Å². The smallest absolute Gasteiger partial charge is 0.288 e. The van der Waals surface area contributed by atoms with Gasteiger partial charge in [0.15, 0.2) is 0 Å². The summed E-state index contributed by atoms with van der Waals surface area (Å²) in [6.07, 6.45) is 4.26. The van der Waals surface area contributed by atoms with Crippen molar-refractivity contribution >= 4 is 44.7 Å². The number of carbonyl (C=O) groups is 1. The van der Waals surface area contributed by atoms with Crippen LogP contribution in [0.25, 0.3) is 10.2 Å². The fraction of sp³-hybridized carbons (Fsp3) is 0.409. The van der Waals surface area contributed by atoms with Gasteiger partial charge in [-0.2, -0.15) is 0 Å². The topological polar surface area (TPSA) is 112 Å². The van der Waals surface area contributed by atoms with E-state index in [4.69, 9.17) is 16.6 Å². The zero-order valence-corrected chi connectivity index (χ0v) is 19.4. The third-order valence-electron chi connectivity index (χ3n) is 6.30. The number of carbonyl (C=O) groups excluding carboxylic acids is 1. The molecule has 2 aliphatic rings. The highest BCUT2D eigenvalue weighted by atomic mass is 35.5. The highest BCUT2D eigenvalue weighted by Gasteiger charge is 2.25. The molecule has 1 aliphatic carbocycles. The number of nitrogens with one attached hydrogen (secondary N) is 1. The molecule has 0 atom stereocenters. The van der Waals surface area contributed by atoms with Crippen LogP contribution in [-0.4, -0.2) is 56.8 Å². The van der Waals surface area contributed by atoms with Gasteiger partial charge >= 0.3 is 0 Å². The van der Waals surface area contributed by atoms with E-state index >= 15 is 0 Å². The molecular weight excluding hydrogens is 466 g/mol. The first-order valence-electron chi connectivity index (χ1n) is 10.9. The molecule has 172 valence electrons. The van der Waals surface area contributed by atoms with E-state index in [2.05, 4.69) is 9.88 Å². The van der Waals surface area contributed by atoms with Crippen LogP contribution in [0.3, 0.4) is 0 Å². The number of aromatic nitrogens is 2. The summed E-state index contributed by atoms with van der Waals surface area (Å²) in [5, 5.41) is 11.9. The van der Waals surface area contributed by atoms with Crippen molar-refractivity contribution in [3.8, 4) is 0 Å². The van der Waals surface area contributed by atoms with Crippen molar-refractivity contribution in [3.63, 3.8) is 0 Å². The number of piperazine rings is 1. The summed E-state index contributed by atoms with van der Waals surface area (Å²) in [7, 11) is 0. The van der Waals surface area contributed by atoms with E-state index in [0.717, 1.165) is 35.9 Å². The van der Waals surface area contributed by atoms with Crippen LogP contribution < -0.4 is 5.56 Å². The number of H-pyrrole nitrogens is 1. The standard InChI is InChI=1S/C22H22ClN5O4S/c23-15-6-5-13(11-16(15)28(31)32)22(30)27-9-7-26(8-10-27)12-18-24-20(29)19-14-3-1-2-4-17(14)33-21(19)25-18/h5-6,11H,1-4,7-10,12H2,(H,24,25,29). The van der Waals surface area contributed by atoms with Crippen molar-refractivity contribution in [1.29, 1.82) is 0 Å². The number of amides is 1. The van der Waals surface area contributed by atoms with Gasteiger partial charge in [-0.25, -0.2) is 4.98 Å². The molecule has 11 heteroatoms. The molecule has 5 rings (SSSR count). The lowest BCUT2D eigenvalue weighted by Gasteiger charge is -2.34. The van der Waals surface area contributed by atoms with Crippen LogP contribution in [-0.2, 0) is 19.4 Å². The number of rotatable bonds is 4. The van der Waals surface area contributed by atoms with Crippen LogP contribution in [0, 0.1) is 10.1 Å². The first-order chi connectivity index (χ1) is 15.9. The van der Waals surface area contributed by atoms with Gasteiger partial charge in [0.2, 0.25) is 0 Å². The normalized spacial score (nSPS) is 16.7. The van der Waals surface area contributed by atoms with E-state index in [1.54, 1.807) is 16.2 Å². The Bertz CT molecular complexity index is 1310. The van der Waals surface area contributed by atoms with Gasteiger partial charge in [0.1, 0.15) is 15.7 Å². The summed E-state index contributed by atoms with van der Waals surface area (Å²) in [5.41, 5.74) is 1.09. The maximum atomic E-state index is 12.8. The monoisotopic (exact) mass is 487 g/mol. The fourth-order valence-corrected chi connectivity index (χ4v) is 6.04. The molecule has 1 fully saturated rings. The summed E-state index contributed by atoms with van der Waals surface area (Å²) in [5.74, 6) is 0.380. The van der Waals surface area contributed by atoms with Crippen molar-refractivity contribution in [1.82, 2.24) is 19.8 Å². The second-order valence-corrected chi connectivity index (χ2v) is 9.89. The van der Waals surface area contributed by atoms with Crippen LogP contribution in [0.15, 0.2) is 23.0 Å². The van der Waals surface area contributed by atoms with Gasteiger partial charge in [-0.05, 0) is 43.4 Å². The van der Waals surface area contributed by atoms with Crippen LogP contribution >= 0.6 is 22.9 Å². The first kappa shape index (κ1) is 22.0. The van der Waals surface area contributed by atoms with Gasteiger partial charge in [0, 0.05) is 42.7 Å². The second-order valence-electron chi connectivity index (χ2n) is 8.40. The summed E-state index contributed by atoms with van der Waals surface area (Å²) < 4.78 is 0. The van der Waals surface area contributed by atoms with E-state index in [0.29, 0.717) is 38.5 Å². The Morgan fingerprint density at radius 3 is 2.73 bits per heavy atom. The van der Waals surface area contributed by atoms with E-state index in [1.807, 2.05) is 0 Å². The lowest BCUT2D eigenvalue weighted by atomic mass is 9.97. The first-order valence-corrected chi connectivity index (χ1v) is 12.1. The fourth-order valence-electron chi connectivity index (χ4n) is 4.57. The molecule has 1 N–H and O–H groups in total. The Balaban J connectivity index is 1.26. The minimum atomic E-state index is -0.592. The lowest BCUT2D eigenvalue weighted by molar-refractivity contribution is -0.384. The molecule has 33 heavy (non-hydrogen) atoms. The predicted octanol–water partition coefficient (Wildman–Crippen LogP) is 3.38. The van der Waals surface area contributed by atoms with Crippen LogP contribution in [0.4, 0.5) is 5.69 Å². The second kappa shape index (κ2) is 8.85. The van der Waals surface area contributed by atoms with Crippen molar-refractivity contribution in [2.45, 2.75) is 32.2 Å². The van der Waals surface area contributed by atoms with Gasteiger partial charge in [0.25, 0.3) is 17.2 Å². The van der Waals surface area contributed by atoms with E-state index in [-0.39, 0.29) is 27.7 Å². The number of nitrogens with zero attached hydrogens (tertiary/aromatic N) is 4. The molecule has 9 nitrogen and oxygen atoms in total. The number of thiophene rings is 1. The third-order valence-corrected chi connectivity index (χ3v) is 7.80. The number of fused-ring (bicyclic) bond motifs is 3. The van der Waals surface area contributed by atoms with Gasteiger partial charge in [-0.15, -0.1) is 11.3 Å². The zero-order chi connectivity index (χ0) is 23.1. The summed E-state index contributed by atoms with van der Waals surface area (Å²) in [6, 6.07) is 4.11. The molecule has 0 radical (unpaired) electrons. The average Bonchev–Trinajstić information content (AvgIpc) is 3.18. The number of halogens is 1. The average molecular weight is 488 g/mol. The van der Waals surface area contributed by atoms with E-state index < -0.39 is 4.92 Å². The zero-order valence-electron chi connectivity index (χ0n) is 17.8.